The molecule has 0 bridgehead atoms. The monoisotopic (exact) mass is 778 g/mol. The normalized spacial score (nSPS) is 20.4. The van der Waals surface area contributed by atoms with E-state index in [9.17, 15) is 43.5 Å². The minimum absolute atomic E-state index is 0.0293. The number of thioether (sulfide) groups is 1. The quantitative estimate of drug-likeness (QED) is 0.0372. The van der Waals surface area contributed by atoms with Crippen molar-refractivity contribution in [2.75, 3.05) is 31.1 Å². The molecular weight excluding hydrogens is 728 g/mol. The number of unbranched alkanes of at least 4 members (excludes halogenated alkanes) is 1. The smallest absolute Gasteiger partial charge is 0.321 e. The number of guanidine groups is 1. The molecule has 6 amide bonds. The molecule has 298 valence electrons. The van der Waals surface area contributed by atoms with Gasteiger partial charge in [0.25, 0.3) is 0 Å². The first-order valence-electron chi connectivity index (χ1n) is 17.3. The zero-order valence-corrected chi connectivity index (χ0v) is 30.5. The Labute approximate surface area is 315 Å². The first kappa shape index (κ1) is 44.7. The zero-order valence-electron chi connectivity index (χ0n) is 29.7. The van der Waals surface area contributed by atoms with Gasteiger partial charge < -0.3 is 59.3 Å². The number of carbonyl (C=O) groups excluding carboxylic acids is 6. The zero-order chi connectivity index (χ0) is 40.0. The Bertz CT molecular complexity index is 1500. The number of nitrogens with one attached hydrogen (secondary N) is 6. The lowest BCUT2D eigenvalue weighted by atomic mass is 10.0. The minimum Gasteiger partial charge on any atom is -0.481 e. The molecule has 1 saturated heterocycles. The number of hydrogen-bond donors (Lipinski definition) is 11. The Hall–Kier alpha value is -5.44. The van der Waals surface area contributed by atoms with Crippen molar-refractivity contribution >= 4 is 65.1 Å². The number of carboxylic acid groups (broad SMARTS) is 2. The van der Waals surface area contributed by atoms with Gasteiger partial charge >= 0.3 is 11.9 Å². The number of rotatable bonds is 19. The van der Waals surface area contributed by atoms with E-state index in [1.54, 1.807) is 30.3 Å². The molecule has 54 heavy (non-hydrogen) atoms. The molecule has 14 N–H and O–H groups in total. The summed E-state index contributed by atoms with van der Waals surface area (Å²) in [4.78, 5) is 105. The van der Waals surface area contributed by atoms with Gasteiger partial charge in [-0.15, -0.1) is 0 Å². The van der Waals surface area contributed by atoms with Gasteiger partial charge in [-0.1, -0.05) is 30.3 Å². The summed E-state index contributed by atoms with van der Waals surface area (Å²) in [5.41, 5.74) is 16.9. The van der Waals surface area contributed by atoms with Crippen LogP contribution < -0.4 is 49.1 Å². The fraction of sp³-hybridized carbons (Fsp3) is 0.545. The van der Waals surface area contributed by atoms with E-state index in [0.29, 0.717) is 24.2 Å². The molecule has 1 heterocycles. The van der Waals surface area contributed by atoms with Crippen LogP contribution in [0.25, 0.3) is 0 Å². The lowest BCUT2D eigenvalue weighted by Crippen LogP contribution is -2.58. The van der Waals surface area contributed by atoms with E-state index in [0.717, 1.165) is 0 Å². The summed E-state index contributed by atoms with van der Waals surface area (Å²) in [6, 6.07) is 2.21. The van der Waals surface area contributed by atoms with Crippen molar-refractivity contribution in [1.82, 2.24) is 31.9 Å². The molecule has 1 unspecified atom stereocenters. The second-order valence-corrected chi connectivity index (χ2v) is 13.5. The Morgan fingerprint density at radius 2 is 1.44 bits per heavy atom. The van der Waals surface area contributed by atoms with Gasteiger partial charge in [0.15, 0.2) is 5.96 Å². The van der Waals surface area contributed by atoms with Crippen molar-refractivity contribution < 1.29 is 48.6 Å². The number of aliphatic carboxylic acids is 2. The molecule has 1 aliphatic rings. The number of benzene rings is 1. The lowest BCUT2D eigenvalue weighted by Gasteiger charge is -2.26. The molecule has 1 aromatic carbocycles. The van der Waals surface area contributed by atoms with Crippen LogP contribution in [-0.4, -0.2) is 125 Å². The van der Waals surface area contributed by atoms with E-state index in [2.05, 4.69) is 36.9 Å². The van der Waals surface area contributed by atoms with E-state index < -0.39 is 84.6 Å². The lowest BCUT2D eigenvalue weighted by molar-refractivity contribution is -0.141. The van der Waals surface area contributed by atoms with Crippen LogP contribution in [0, 0.1) is 0 Å². The highest BCUT2D eigenvalue weighted by Gasteiger charge is 2.33. The highest BCUT2D eigenvalue weighted by atomic mass is 32.2. The van der Waals surface area contributed by atoms with Gasteiger partial charge in [-0.25, -0.2) is 0 Å². The molecule has 2 rings (SSSR count). The predicted molar refractivity (Wildman–Crippen MR) is 197 cm³/mol. The van der Waals surface area contributed by atoms with Crippen molar-refractivity contribution in [3.63, 3.8) is 0 Å². The van der Waals surface area contributed by atoms with E-state index in [1.165, 1.54) is 11.8 Å². The van der Waals surface area contributed by atoms with Crippen LogP contribution in [-0.2, 0) is 44.8 Å². The van der Waals surface area contributed by atoms with Gasteiger partial charge in [0.2, 0.25) is 35.4 Å². The molecule has 0 aliphatic carbocycles. The summed E-state index contributed by atoms with van der Waals surface area (Å²) < 4.78 is 0. The van der Waals surface area contributed by atoms with Crippen LogP contribution >= 0.6 is 11.8 Å². The average Bonchev–Trinajstić information content (AvgIpc) is 3.11. The molecule has 0 aromatic heterocycles. The van der Waals surface area contributed by atoms with Crippen LogP contribution in [0.5, 0.6) is 0 Å². The van der Waals surface area contributed by atoms with Crippen LogP contribution in [0.4, 0.5) is 0 Å². The van der Waals surface area contributed by atoms with Gasteiger partial charge in [-0.2, -0.15) is 11.8 Å². The maximum absolute atomic E-state index is 13.8. The number of nitrogens with two attached hydrogens (primary N) is 3. The van der Waals surface area contributed by atoms with Crippen molar-refractivity contribution in [3.05, 3.63) is 35.9 Å². The van der Waals surface area contributed by atoms with E-state index in [-0.39, 0.29) is 62.8 Å². The Balaban J connectivity index is 2.28. The van der Waals surface area contributed by atoms with Crippen molar-refractivity contribution in [2.45, 2.75) is 81.6 Å². The highest BCUT2D eigenvalue weighted by Crippen LogP contribution is 2.10. The summed E-state index contributed by atoms with van der Waals surface area (Å²) in [5, 5.41) is 33.5. The summed E-state index contributed by atoms with van der Waals surface area (Å²) >= 11 is 1.24. The van der Waals surface area contributed by atoms with Crippen molar-refractivity contribution in [2.24, 2.45) is 22.2 Å². The van der Waals surface area contributed by atoms with Gasteiger partial charge in [0.1, 0.15) is 30.2 Å². The topological polar surface area (TPSA) is 340 Å². The largest absolute Gasteiger partial charge is 0.481 e. The van der Waals surface area contributed by atoms with Crippen molar-refractivity contribution in [3.8, 4) is 0 Å². The average molecular weight is 779 g/mol. The fourth-order valence-corrected chi connectivity index (χ4v) is 5.97. The predicted octanol–water partition coefficient (Wildman–Crippen LogP) is -3.35. The summed E-state index contributed by atoms with van der Waals surface area (Å²) in [6.07, 6.45) is 0.274. The van der Waals surface area contributed by atoms with Gasteiger partial charge in [0, 0.05) is 37.4 Å². The third kappa shape index (κ3) is 17.9. The molecule has 20 nitrogen and oxygen atoms in total. The third-order valence-electron chi connectivity index (χ3n) is 7.91. The number of aliphatic imine (C=N–C) groups is 1. The summed E-state index contributed by atoms with van der Waals surface area (Å²) in [7, 11) is 0. The number of amides is 6. The van der Waals surface area contributed by atoms with Crippen LogP contribution in [0.2, 0.25) is 0 Å². The molecule has 0 spiro atoms. The molecule has 1 aliphatic heterocycles. The summed E-state index contributed by atoms with van der Waals surface area (Å²) in [6.45, 7) is -0.305. The Morgan fingerprint density at radius 3 is 2.09 bits per heavy atom. The molecule has 1 aromatic rings. The standard InChI is InChI=1S/C33H50N10O10S/c34-20(32(52)53)18-54-14-11-25(44)37-12-5-4-9-22-29(49)41-21(10-6-13-38-33(35)36)28(48)39-17-26(45)40-24(16-27(46)47)31(51)43-23(30(50)42-22)15-19-7-2-1-3-8-19/h1-3,7-8,20-24H,4-6,9-18,34H2,(H,37,44)(H,39,48)(H,40,45)(H,41,49)(H,42,50)(H,43,51)(H,46,47)(H,52,53)(H4,35,36,38)/t20?,21-,22-,23-,24-/m0/s1. The minimum atomic E-state index is -1.61. The number of hydrogen-bond acceptors (Lipinski definition) is 11. The van der Waals surface area contributed by atoms with Gasteiger partial charge in [0.05, 0.1) is 13.0 Å². The van der Waals surface area contributed by atoms with E-state index in [1.807, 2.05) is 0 Å². The highest BCUT2D eigenvalue weighted by molar-refractivity contribution is 7.99. The second-order valence-electron chi connectivity index (χ2n) is 12.4. The maximum Gasteiger partial charge on any atom is 0.321 e. The molecule has 0 saturated carbocycles. The van der Waals surface area contributed by atoms with Gasteiger partial charge in [-0.05, 0) is 37.7 Å². The SMILES string of the molecule is NC(N)=NCCC[C@@H]1NC(=O)[C@H](CCCCNC(=O)CCSCC(N)C(=O)O)NC(=O)[C@H](Cc2ccccc2)NC(=O)[C@H](CC(=O)O)NC(=O)CNC1=O. The first-order valence-corrected chi connectivity index (χ1v) is 18.4. The van der Waals surface area contributed by atoms with Crippen molar-refractivity contribution in [1.29, 1.82) is 0 Å². The van der Waals surface area contributed by atoms with Crippen LogP contribution in [0.15, 0.2) is 35.3 Å². The molecule has 1 fully saturated rings. The fourth-order valence-electron chi connectivity index (χ4n) is 5.07. The number of nitrogens with zero attached hydrogens (tertiary/aromatic N) is 1. The maximum atomic E-state index is 13.8. The molecule has 5 atom stereocenters. The van der Waals surface area contributed by atoms with Crippen LogP contribution in [0.3, 0.4) is 0 Å². The molecule has 0 radical (unpaired) electrons. The van der Waals surface area contributed by atoms with E-state index >= 15 is 0 Å². The number of carbonyl (C=O) groups is 8. The third-order valence-corrected chi connectivity index (χ3v) is 9.00. The van der Waals surface area contributed by atoms with Gasteiger partial charge in [-0.3, -0.25) is 43.3 Å². The molecule has 21 heteroatoms. The number of carboxylic acids is 2. The van der Waals surface area contributed by atoms with E-state index in [4.69, 9.17) is 22.3 Å². The first-order chi connectivity index (χ1) is 25.7. The summed E-state index contributed by atoms with van der Waals surface area (Å²) in [5.74, 6) is -6.61. The Morgan fingerprint density at radius 1 is 0.833 bits per heavy atom. The second kappa shape index (κ2) is 24.0. The Kier molecular flexibility index (Phi) is 19.9. The van der Waals surface area contributed by atoms with Crippen LogP contribution in [0.1, 0.15) is 50.5 Å². The molecular formula is C33H50N10O10S.